The molecule has 7 heteroatoms. The number of alkyl carbamates (subject to hydrolysis) is 1. The summed E-state index contributed by atoms with van der Waals surface area (Å²) in [5.41, 5.74) is 11.1. The molecule has 2 N–H and O–H groups in total. The molecule has 0 radical (unpaired) electrons. The molecule has 1 saturated heterocycles. The van der Waals surface area contributed by atoms with Crippen molar-refractivity contribution in [3.8, 4) is 22.3 Å². The van der Waals surface area contributed by atoms with E-state index in [0.29, 0.717) is 5.92 Å². The van der Waals surface area contributed by atoms with Crippen LogP contribution in [0.4, 0.5) is 4.79 Å². The monoisotopic (exact) mass is 562 g/mol. The Balaban J connectivity index is 1.19. The summed E-state index contributed by atoms with van der Waals surface area (Å²) in [5.74, 6) is 1.07. The normalized spacial score (nSPS) is 21.4. The highest BCUT2D eigenvalue weighted by atomic mass is 16.5. The molecular weight excluding hydrogens is 524 g/mol. The lowest BCUT2D eigenvalue weighted by molar-refractivity contribution is -0.139. The Morgan fingerprint density at radius 1 is 0.976 bits per heavy atom. The summed E-state index contributed by atoms with van der Waals surface area (Å²) in [4.78, 5) is 36.5. The molecule has 7 rings (SSSR count). The fourth-order valence-corrected chi connectivity index (χ4v) is 7.57. The fourth-order valence-electron chi connectivity index (χ4n) is 7.57. The number of rotatable bonds is 5. The maximum Gasteiger partial charge on any atom is 0.407 e. The van der Waals surface area contributed by atoms with Crippen LogP contribution in [0.1, 0.15) is 61.7 Å². The van der Waals surface area contributed by atoms with Crippen molar-refractivity contribution < 1.29 is 14.3 Å². The molecule has 1 saturated carbocycles. The predicted octanol–water partition coefficient (Wildman–Crippen LogP) is 6.74. The van der Waals surface area contributed by atoms with Gasteiger partial charge in [0, 0.05) is 6.04 Å². The van der Waals surface area contributed by atoms with Crippen LogP contribution in [0.15, 0.2) is 54.6 Å². The van der Waals surface area contributed by atoms with Crippen LogP contribution in [0.2, 0.25) is 0 Å². The van der Waals surface area contributed by atoms with Crippen LogP contribution < -0.4 is 5.32 Å². The molecule has 2 fully saturated rings. The third-order valence-corrected chi connectivity index (χ3v) is 9.66. The lowest BCUT2D eigenvalue weighted by Gasteiger charge is -2.37. The molecule has 2 bridgehead atoms. The Hall–Kier alpha value is -4.13. The maximum atomic E-state index is 13.9. The number of benzene rings is 3. The van der Waals surface area contributed by atoms with Crippen LogP contribution in [-0.2, 0) is 22.4 Å². The summed E-state index contributed by atoms with van der Waals surface area (Å²) < 4.78 is 4.82. The van der Waals surface area contributed by atoms with Gasteiger partial charge >= 0.3 is 6.09 Å². The minimum absolute atomic E-state index is 0.0560. The van der Waals surface area contributed by atoms with Crippen molar-refractivity contribution in [3.05, 3.63) is 77.1 Å². The molecule has 3 aliphatic rings. The number of methoxy groups -OCH3 is 1. The van der Waals surface area contributed by atoms with E-state index < -0.39 is 12.1 Å². The molecule has 4 aromatic rings. The Morgan fingerprint density at radius 3 is 2.45 bits per heavy atom. The number of nitrogens with one attached hydrogen (secondary N) is 2. The van der Waals surface area contributed by atoms with Gasteiger partial charge in [-0.05, 0) is 96.4 Å². The van der Waals surface area contributed by atoms with E-state index in [2.05, 4.69) is 71.8 Å². The van der Waals surface area contributed by atoms with Gasteiger partial charge < -0.3 is 19.9 Å². The summed E-state index contributed by atoms with van der Waals surface area (Å²) in [6.45, 7) is 6.06. The fraction of sp³-hybridized carbons (Fsp3) is 0.400. The molecule has 2 amide bonds. The first-order valence-electron chi connectivity index (χ1n) is 15.2. The quantitative estimate of drug-likeness (QED) is 0.282. The van der Waals surface area contributed by atoms with Gasteiger partial charge in [0.25, 0.3) is 0 Å². The zero-order valence-electron chi connectivity index (χ0n) is 24.7. The van der Waals surface area contributed by atoms with Gasteiger partial charge in [-0.2, -0.15) is 0 Å². The molecule has 0 unspecified atom stereocenters. The summed E-state index contributed by atoms with van der Waals surface area (Å²) in [7, 11) is 1.32. The number of carbonyl (C=O) groups excluding carboxylic acids is 2. The van der Waals surface area contributed by atoms with E-state index in [1.165, 1.54) is 40.5 Å². The standard InChI is InChI=1S/C35H38N4O3/c1-19(2)31(38-35(41)42-4)34(40)39-26-11-8-25(17-26)32(39)33-36-29-14-10-22(18-30(29)37-33)21-9-13-28-24(16-21)7-6-23-15-20(3)5-12-27(23)28/h5,9-10,12-16,18-19,25-26,31-32H,6-8,11,17H2,1-4H3,(H,36,37)(H,38,41)/t25-,26+,31-,32-/m0/s1. The molecule has 2 aliphatic carbocycles. The van der Waals surface area contributed by atoms with Gasteiger partial charge in [0.15, 0.2) is 0 Å². The predicted molar refractivity (Wildman–Crippen MR) is 164 cm³/mol. The molecular formula is C35H38N4O3. The number of hydrogen-bond acceptors (Lipinski definition) is 4. The largest absolute Gasteiger partial charge is 0.453 e. The lowest BCUT2D eigenvalue weighted by atomic mass is 9.83. The molecule has 2 heterocycles. The van der Waals surface area contributed by atoms with Crippen LogP contribution in [-0.4, -0.2) is 46.1 Å². The van der Waals surface area contributed by atoms with Crippen LogP contribution >= 0.6 is 0 Å². The van der Waals surface area contributed by atoms with Crippen LogP contribution in [0, 0.1) is 18.8 Å². The minimum atomic E-state index is -0.643. The number of likely N-dealkylation sites (tertiary alicyclic amines) is 1. The lowest BCUT2D eigenvalue weighted by Crippen LogP contribution is -2.54. The van der Waals surface area contributed by atoms with E-state index in [-0.39, 0.29) is 23.9 Å². The molecule has 0 spiro atoms. The van der Waals surface area contributed by atoms with Crippen molar-refractivity contribution in [2.45, 2.75) is 71.0 Å². The van der Waals surface area contributed by atoms with E-state index in [0.717, 1.165) is 54.5 Å². The smallest absolute Gasteiger partial charge is 0.407 e. The number of fused-ring (bicyclic) bond motifs is 6. The maximum absolute atomic E-state index is 13.9. The van der Waals surface area contributed by atoms with Gasteiger partial charge in [-0.3, -0.25) is 4.79 Å². The topological polar surface area (TPSA) is 87.3 Å². The number of carbonyl (C=O) groups is 2. The first-order chi connectivity index (χ1) is 20.3. The molecule has 3 aromatic carbocycles. The summed E-state index contributed by atoms with van der Waals surface area (Å²) in [6.07, 6.45) is 4.58. The van der Waals surface area contributed by atoms with Crippen molar-refractivity contribution in [1.82, 2.24) is 20.2 Å². The van der Waals surface area contributed by atoms with Crippen molar-refractivity contribution in [2.75, 3.05) is 7.11 Å². The third-order valence-electron chi connectivity index (χ3n) is 9.66. The number of piperidine rings is 1. The number of amides is 2. The molecule has 4 atom stereocenters. The van der Waals surface area contributed by atoms with Crippen molar-refractivity contribution in [3.63, 3.8) is 0 Å². The van der Waals surface area contributed by atoms with E-state index in [9.17, 15) is 9.59 Å². The van der Waals surface area contributed by atoms with Gasteiger partial charge in [0.2, 0.25) is 5.91 Å². The highest BCUT2D eigenvalue weighted by molar-refractivity contribution is 5.87. The van der Waals surface area contributed by atoms with Crippen LogP contribution in [0.25, 0.3) is 33.3 Å². The SMILES string of the molecule is COC(=O)N[C@H](C(=O)N1[C@@H]2CC[C@@H](C2)[C@H]1c1nc2ccc(-c3ccc4c(c3)CCc3cc(C)ccc3-4)cc2[nH]1)C(C)C. The molecule has 1 aromatic heterocycles. The number of nitrogens with zero attached hydrogens (tertiary/aromatic N) is 2. The zero-order chi connectivity index (χ0) is 29.1. The van der Waals surface area contributed by atoms with Gasteiger partial charge in [0.05, 0.1) is 24.2 Å². The molecule has 216 valence electrons. The second-order valence-electron chi connectivity index (χ2n) is 12.7. The Morgan fingerprint density at radius 2 is 1.69 bits per heavy atom. The van der Waals surface area contributed by atoms with Gasteiger partial charge in [-0.15, -0.1) is 0 Å². The summed E-state index contributed by atoms with van der Waals surface area (Å²) in [6, 6.07) is 19.4. The number of aromatic nitrogens is 2. The second-order valence-corrected chi connectivity index (χ2v) is 12.7. The zero-order valence-corrected chi connectivity index (χ0v) is 24.7. The average molecular weight is 563 g/mol. The first kappa shape index (κ1) is 26.7. The number of hydrogen-bond donors (Lipinski definition) is 2. The van der Waals surface area contributed by atoms with Crippen molar-refractivity contribution >= 4 is 23.0 Å². The van der Waals surface area contributed by atoms with Crippen LogP contribution in [0.3, 0.4) is 0 Å². The summed E-state index contributed by atoms with van der Waals surface area (Å²) >= 11 is 0. The number of imidazole rings is 1. The molecule has 7 nitrogen and oxygen atoms in total. The van der Waals surface area contributed by atoms with E-state index >= 15 is 0 Å². The highest BCUT2D eigenvalue weighted by Crippen LogP contribution is 2.50. The average Bonchev–Trinajstić information content (AvgIpc) is 3.73. The van der Waals surface area contributed by atoms with Crippen molar-refractivity contribution in [1.29, 1.82) is 0 Å². The highest BCUT2D eigenvalue weighted by Gasteiger charge is 2.51. The number of aryl methyl sites for hydroxylation is 3. The Kier molecular flexibility index (Phi) is 6.56. The Bertz CT molecular complexity index is 1710. The Labute approximate surface area is 246 Å². The minimum Gasteiger partial charge on any atom is -0.453 e. The van der Waals surface area contributed by atoms with Crippen LogP contribution in [0.5, 0.6) is 0 Å². The first-order valence-corrected chi connectivity index (χ1v) is 15.2. The number of ether oxygens (including phenoxy) is 1. The number of H-pyrrole nitrogens is 1. The van der Waals surface area contributed by atoms with Gasteiger partial charge in [-0.1, -0.05) is 61.9 Å². The van der Waals surface area contributed by atoms with Gasteiger partial charge in [-0.25, -0.2) is 9.78 Å². The molecule has 42 heavy (non-hydrogen) atoms. The van der Waals surface area contributed by atoms with Crippen molar-refractivity contribution in [2.24, 2.45) is 11.8 Å². The van der Waals surface area contributed by atoms with Gasteiger partial charge in [0.1, 0.15) is 11.9 Å². The van der Waals surface area contributed by atoms with E-state index in [1.54, 1.807) is 0 Å². The third kappa shape index (κ3) is 4.46. The van der Waals surface area contributed by atoms with E-state index in [4.69, 9.17) is 9.72 Å². The second kappa shape index (κ2) is 10.3. The summed E-state index contributed by atoms with van der Waals surface area (Å²) in [5, 5.41) is 2.77. The van der Waals surface area contributed by atoms with E-state index in [1.807, 2.05) is 18.7 Å². The number of aromatic amines is 1. The molecule has 1 aliphatic heterocycles.